The topological polar surface area (TPSA) is 77.0 Å². The van der Waals surface area contributed by atoms with Crippen LogP contribution in [0.5, 0.6) is 0 Å². The molecule has 2 rings (SSSR count). The smallest absolute Gasteiger partial charge is 0.357 e. The largest absolute Gasteiger partial charge is 0.461 e. The van der Waals surface area contributed by atoms with E-state index in [9.17, 15) is 4.79 Å². The molecule has 0 aliphatic rings. The van der Waals surface area contributed by atoms with Crippen molar-refractivity contribution < 1.29 is 9.53 Å². The third-order valence-corrected chi connectivity index (χ3v) is 2.85. The minimum Gasteiger partial charge on any atom is -0.461 e. The van der Waals surface area contributed by atoms with Gasteiger partial charge in [0.1, 0.15) is 6.33 Å². The monoisotopic (exact) mass is 264 g/mol. The lowest BCUT2D eigenvalue weighted by Crippen LogP contribution is -2.06. The highest BCUT2D eigenvalue weighted by Crippen LogP contribution is 2.16. The number of rotatable bonds is 5. The maximum Gasteiger partial charge on any atom is 0.357 e. The predicted octanol–water partition coefficient (Wildman–Crippen LogP) is 1.72. The zero-order valence-corrected chi connectivity index (χ0v) is 10.6. The van der Waals surface area contributed by atoms with Crippen LogP contribution in [0.25, 0.3) is 0 Å². The first-order valence-corrected chi connectivity index (χ1v) is 6.29. The molecule has 2 aromatic rings. The molecule has 0 radical (unpaired) electrons. The van der Waals surface area contributed by atoms with Crippen LogP contribution in [0.3, 0.4) is 0 Å². The summed E-state index contributed by atoms with van der Waals surface area (Å²) >= 11 is 1.36. The third-order valence-electron chi connectivity index (χ3n) is 2.05. The van der Waals surface area contributed by atoms with E-state index in [1.54, 1.807) is 18.5 Å². The molecule has 1 N–H and O–H groups in total. The summed E-state index contributed by atoms with van der Waals surface area (Å²) in [6.45, 7) is 2.65. The highest BCUT2D eigenvalue weighted by atomic mass is 32.1. The number of hydrogen-bond acceptors (Lipinski definition) is 7. The molecule has 0 saturated carbocycles. The fourth-order valence-corrected chi connectivity index (χ4v) is 1.92. The Morgan fingerprint density at radius 3 is 3.17 bits per heavy atom. The Kier molecular flexibility index (Phi) is 4.19. The maximum absolute atomic E-state index is 11.4. The number of carbonyl (C=O) groups excluding carboxylic acids is 1. The van der Waals surface area contributed by atoms with Crippen molar-refractivity contribution >= 4 is 22.4 Å². The summed E-state index contributed by atoms with van der Waals surface area (Å²) in [5.74, 6) is -0.399. The average Bonchev–Trinajstić information content (AvgIpc) is 2.87. The van der Waals surface area contributed by atoms with Gasteiger partial charge in [-0.1, -0.05) is 0 Å². The molecule has 2 aromatic heterocycles. The number of esters is 1. The Hall–Kier alpha value is -2.02. The molecule has 18 heavy (non-hydrogen) atoms. The van der Waals surface area contributed by atoms with Crippen LogP contribution in [-0.2, 0) is 11.3 Å². The Labute approximate surface area is 108 Å². The highest BCUT2D eigenvalue weighted by molar-refractivity contribution is 7.13. The number of aromatic nitrogens is 3. The van der Waals surface area contributed by atoms with Gasteiger partial charge < -0.3 is 10.1 Å². The fourth-order valence-electron chi connectivity index (χ4n) is 1.24. The van der Waals surface area contributed by atoms with Crippen molar-refractivity contribution in [1.82, 2.24) is 15.0 Å². The Morgan fingerprint density at radius 1 is 1.56 bits per heavy atom. The molecule has 7 heteroatoms. The molecule has 0 amide bonds. The molecule has 0 aromatic carbocycles. The van der Waals surface area contributed by atoms with Gasteiger partial charge in [-0.05, 0) is 13.0 Å². The summed E-state index contributed by atoms with van der Waals surface area (Å²) in [6, 6.07) is 1.81. The van der Waals surface area contributed by atoms with Crippen LogP contribution in [0.4, 0.5) is 5.13 Å². The number of anilines is 1. The van der Waals surface area contributed by atoms with Gasteiger partial charge in [-0.2, -0.15) is 0 Å². The van der Waals surface area contributed by atoms with Gasteiger partial charge in [0, 0.05) is 11.6 Å². The van der Waals surface area contributed by atoms with Gasteiger partial charge in [-0.25, -0.2) is 19.7 Å². The van der Waals surface area contributed by atoms with E-state index < -0.39 is 5.97 Å². The van der Waals surface area contributed by atoms with E-state index >= 15 is 0 Å². The molecule has 0 saturated heterocycles. The lowest BCUT2D eigenvalue weighted by Gasteiger charge is -2.00. The van der Waals surface area contributed by atoms with E-state index in [0.29, 0.717) is 24.0 Å². The van der Waals surface area contributed by atoms with Crippen LogP contribution in [0.15, 0.2) is 24.0 Å². The van der Waals surface area contributed by atoms with E-state index in [1.807, 2.05) is 6.07 Å². The number of thiazole rings is 1. The second kappa shape index (κ2) is 6.06. The van der Waals surface area contributed by atoms with Gasteiger partial charge in [-0.15, -0.1) is 11.3 Å². The molecule has 0 bridgehead atoms. The van der Waals surface area contributed by atoms with Crippen LogP contribution in [0.1, 0.15) is 23.1 Å². The first-order valence-electron chi connectivity index (χ1n) is 5.41. The normalized spacial score (nSPS) is 10.1. The van der Waals surface area contributed by atoms with Crippen LogP contribution in [0, 0.1) is 0 Å². The number of carbonyl (C=O) groups is 1. The Bertz CT molecular complexity index is 515. The third kappa shape index (κ3) is 3.24. The van der Waals surface area contributed by atoms with Gasteiger partial charge in [0.05, 0.1) is 18.8 Å². The first kappa shape index (κ1) is 12.4. The maximum atomic E-state index is 11.4. The molecular weight excluding hydrogens is 252 g/mol. The zero-order chi connectivity index (χ0) is 12.8. The lowest BCUT2D eigenvalue weighted by atomic mass is 10.4. The Balaban J connectivity index is 1.93. The minimum absolute atomic E-state index is 0.326. The highest BCUT2D eigenvalue weighted by Gasteiger charge is 2.11. The van der Waals surface area contributed by atoms with E-state index in [1.165, 1.54) is 17.7 Å². The Morgan fingerprint density at radius 2 is 2.44 bits per heavy atom. The summed E-state index contributed by atoms with van der Waals surface area (Å²) in [4.78, 5) is 23.5. The van der Waals surface area contributed by atoms with Crippen LogP contribution in [-0.4, -0.2) is 27.5 Å². The lowest BCUT2D eigenvalue weighted by molar-refractivity contribution is 0.0520. The predicted molar refractivity (Wildman–Crippen MR) is 67.4 cm³/mol. The molecule has 6 nitrogen and oxygen atoms in total. The van der Waals surface area contributed by atoms with Gasteiger partial charge in [-0.3, -0.25) is 0 Å². The number of hydrogen-bond donors (Lipinski definition) is 1. The van der Waals surface area contributed by atoms with Crippen molar-refractivity contribution in [1.29, 1.82) is 0 Å². The molecule has 2 heterocycles. The van der Waals surface area contributed by atoms with Crippen LogP contribution >= 0.6 is 11.3 Å². The SMILES string of the molecule is CCOC(=O)c1csc(NCc2ccncn2)n1. The average molecular weight is 264 g/mol. The summed E-state index contributed by atoms with van der Waals surface area (Å²) in [7, 11) is 0. The van der Waals surface area contributed by atoms with Gasteiger partial charge in [0.15, 0.2) is 10.8 Å². The fraction of sp³-hybridized carbons (Fsp3) is 0.273. The molecule has 0 aliphatic carbocycles. The van der Waals surface area contributed by atoms with E-state index in [-0.39, 0.29) is 0 Å². The van der Waals surface area contributed by atoms with Gasteiger partial charge >= 0.3 is 5.97 Å². The van der Waals surface area contributed by atoms with Crippen molar-refractivity contribution in [3.05, 3.63) is 35.4 Å². The van der Waals surface area contributed by atoms with Crippen LogP contribution in [0.2, 0.25) is 0 Å². The molecular formula is C11H12N4O2S. The molecule has 94 valence electrons. The number of nitrogens with one attached hydrogen (secondary N) is 1. The summed E-state index contributed by atoms with van der Waals surface area (Å²) in [6.07, 6.45) is 3.17. The second-order valence-electron chi connectivity index (χ2n) is 3.31. The standard InChI is InChI=1S/C11H12N4O2S/c1-2-17-10(16)9-6-18-11(15-9)13-5-8-3-4-12-7-14-8/h3-4,6-7H,2,5H2,1H3,(H,13,15). The summed E-state index contributed by atoms with van der Waals surface area (Å²) in [5.41, 5.74) is 1.19. The molecule has 0 fully saturated rings. The summed E-state index contributed by atoms with van der Waals surface area (Å²) < 4.78 is 4.86. The second-order valence-corrected chi connectivity index (χ2v) is 4.17. The molecule has 0 atom stereocenters. The number of nitrogens with zero attached hydrogens (tertiary/aromatic N) is 3. The van der Waals surface area contributed by atoms with Gasteiger partial charge in [0.25, 0.3) is 0 Å². The van der Waals surface area contributed by atoms with E-state index in [0.717, 1.165) is 5.69 Å². The van der Waals surface area contributed by atoms with Gasteiger partial charge in [0.2, 0.25) is 0 Å². The zero-order valence-electron chi connectivity index (χ0n) is 9.79. The van der Waals surface area contributed by atoms with Crippen molar-refractivity contribution in [3.8, 4) is 0 Å². The molecule has 0 aliphatic heterocycles. The van der Waals surface area contributed by atoms with Crippen molar-refractivity contribution in [2.45, 2.75) is 13.5 Å². The van der Waals surface area contributed by atoms with Crippen molar-refractivity contribution in [2.75, 3.05) is 11.9 Å². The number of ether oxygens (including phenoxy) is 1. The van der Waals surface area contributed by atoms with E-state index in [4.69, 9.17) is 4.74 Å². The van der Waals surface area contributed by atoms with E-state index in [2.05, 4.69) is 20.3 Å². The van der Waals surface area contributed by atoms with Crippen molar-refractivity contribution in [2.24, 2.45) is 0 Å². The quantitative estimate of drug-likeness (QED) is 0.829. The minimum atomic E-state index is -0.399. The molecule has 0 spiro atoms. The molecule has 0 unspecified atom stereocenters. The first-order chi connectivity index (χ1) is 8.79. The van der Waals surface area contributed by atoms with Crippen LogP contribution < -0.4 is 5.32 Å². The van der Waals surface area contributed by atoms with Crippen molar-refractivity contribution in [3.63, 3.8) is 0 Å². The summed E-state index contributed by atoms with van der Waals surface area (Å²) in [5, 5.41) is 5.42.